The summed E-state index contributed by atoms with van der Waals surface area (Å²) in [5.74, 6) is 0.745. The normalized spacial score (nSPS) is 16.9. The lowest BCUT2D eigenvalue weighted by molar-refractivity contribution is -0.121. The lowest BCUT2D eigenvalue weighted by Gasteiger charge is -2.33. The quantitative estimate of drug-likeness (QED) is 0.549. The van der Waals surface area contributed by atoms with Crippen molar-refractivity contribution in [1.82, 2.24) is 10.2 Å². The van der Waals surface area contributed by atoms with E-state index in [-0.39, 0.29) is 11.8 Å². The number of nitrogens with one attached hydrogen (secondary N) is 1. The van der Waals surface area contributed by atoms with Crippen molar-refractivity contribution < 1.29 is 4.79 Å². The van der Waals surface area contributed by atoms with Gasteiger partial charge in [0, 0.05) is 32.0 Å². The van der Waals surface area contributed by atoms with Crippen molar-refractivity contribution in [1.29, 1.82) is 0 Å². The Bertz CT molecular complexity index is 888. The highest BCUT2D eigenvalue weighted by molar-refractivity contribution is 5.77. The minimum absolute atomic E-state index is 0.0864. The van der Waals surface area contributed by atoms with Crippen LogP contribution in [-0.2, 0) is 11.3 Å². The van der Waals surface area contributed by atoms with Gasteiger partial charge in [0.2, 0.25) is 5.91 Å². The summed E-state index contributed by atoms with van der Waals surface area (Å²) in [5.41, 5.74) is 3.74. The van der Waals surface area contributed by atoms with Crippen molar-refractivity contribution in [3.8, 4) is 0 Å². The molecule has 4 rings (SSSR count). The Hall–Kier alpha value is -2.91. The van der Waals surface area contributed by atoms with Gasteiger partial charge in [0.15, 0.2) is 0 Å². The number of carbonyl (C=O) groups is 1. The molecule has 3 nitrogen and oxygen atoms in total. The monoisotopic (exact) mass is 412 g/mol. The van der Waals surface area contributed by atoms with Crippen LogP contribution >= 0.6 is 0 Å². The third-order valence-electron chi connectivity index (χ3n) is 6.23. The Labute approximate surface area is 186 Å². The fraction of sp³-hybridized carbons (Fsp3) is 0.321. The average Bonchev–Trinajstić information content (AvgIpc) is 2.83. The largest absolute Gasteiger partial charge is 0.356 e. The highest BCUT2D eigenvalue weighted by atomic mass is 16.1. The molecule has 160 valence electrons. The molecule has 1 unspecified atom stereocenters. The minimum atomic E-state index is 0.0864. The first-order valence-electron chi connectivity index (χ1n) is 11.4. The van der Waals surface area contributed by atoms with Gasteiger partial charge in [-0.15, -0.1) is 0 Å². The molecule has 1 aliphatic rings. The molecule has 1 heterocycles. The Kier molecular flexibility index (Phi) is 7.51. The summed E-state index contributed by atoms with van der Waals surface area (Å²) < 4.78 is 0. The summed E-state index contributed by atoms with van der Waals surface area (Å²) in [6, 6.07) is 31.4. The number of amides is 1. The molecule has 0 bridgehead atoms. The Morgan fingerprint density at radius 3 is 2.06 bits per heavy atom. The van der Waals surface area contributed by atoms with Crippen LogP contribution in [0.15, 0.2) is 91.0 Å². The van der Waals surface area contributed by atoms with E-state index in [9.17, 15) is 4.79 Å². The molecule has 1 atom stereocenters. The lowest BCUT2D eigenvalue weighted by Crippen LogP contribution is -2.40. The number of hydrogen-bond donors (Lipinski definition) is 1. The molecule has 1 N–H and O–H groups in total. The van der Waals surface area contributed by atoms with Crippen LogP contribution in [0.4, 0.5) is 0 Å². The van der Waals surface area contributed by atoms with Gasteiger partial charge >= 0.3 is 0 Å². The summed E-state index contributed by atoms with van der Waals surface area (Å²) in [6.45, 7) is 3.95. The molecule has 31 heavy (non-hydrogen) atoms. The topological polar surface area (TPSA) is 32.3 Å². The predicted molar refractivity (Wildman–Crippen MR) is 127 cm³/mol. The van der Waals surface area contributed by atoms with E-state index < -0.39 is 0 Å². The van der Waals surface area contributed by atoms with Crippen molar-refractivity contribution in [2.24, 2.45) is 5.92 Å². The fourth-order valence-electron chi connectivity index (χ4n) is 4.62. The first kappa shape index (κ1) is 21.3. The SMILES string of the molecule is O=C(CC(c1ccccc1)c1ccccc1)NCC1CCCN(Cc2ccccc2)C1. The number of rotatable bonds is 8. The van der Waals surface area contributed by atoms with Crippen molar-refractivity contribution in [3.63, 3.8) is 0 Å². The van der Waals surface area contributed by atoms with E-state index in [2.05, 4.69) is 64.8 Å². The summed E-state index contributed by atoms with van der Waals surface area (Å²) in [6.07, 6.45) is 2.87. The first-order valence-corrected chi connectivity index (χ1v) is 11.4. The third-order valence-corrected chi connectivity index (χ3v) is 6.23. The molecule has 0 aliphatic carbocycles. The molecule has 0 spiro atoms. The van der Waals surface area contributed by atoms with Crippen molar-refractivity contribution in [2.45, 2.75) is 31.7 Å². The maximum absolute atomic E-state index is 12.9. The smallest absolute Gasteiger partial charge is 0.220 e. The second kappa shape index (κ2) is 10.9. The van der Waals surface area contributed by atoms with Gasteiger partial charge in [0.1, 0.15) is 0 Å². The highest BCUT2D eigenvalue weighted by Gasteiger charge is 2.22. The fourth-order valence-corrected chi connectivity index (χ4v) is 4.62. The van der Waals surface area contributed by atoms with E-state index in [0.717, 1.165) is 26.2 Å². The summed E-state index contributed by atoms with van der Waals surface area (Å²) in [5, 5.41) is 3.24. The molecule has 1 amide bonds. The summed E-state index contributed by atoms with van der Waals surface area (Å²) in [7, 11) is 0. The van der Waals surface area contributed by atoms with E-state index in [1.54, 1.807) is 0 Å². The van der Waals surface area contributed by atoms with Crippen LogP contribution in [0.2, 0.25) is 0 Å². The predicted octanol–water partition coefficient (Wildman–Crippen LogP) is 5.24. The molecule has 0 radical (unpaired) electrons. The Balaban J connectivity index is 1.32. The number of likely N-dealkylation sites (tertiary alicyclic amines) is 1. The lowest BCUT2D eigenvalue weighted by atomic mass is 9.88. The van der Waals surface area contributed by atoms with Gasteiger partial charge < -0.3 is 5.32 Å². The van der Waals surface area contributed by atoms with Gasteiger partial charge in [-0.2, -0.15) is 0 Å². The second-order valence-electron chi connectivity index (χ2n) is 8.61. The first-order chi connectivity index (χ1) is 15.3. The molecule has 1 fully saturated rings. The highest BCUT2D eigenvalue weighted by Crippen LogP contribution is 2.28. The number of nitrogens with zero attached hydrogens (tertiary/aromatic N) is 1. The molecule has 0 saturated carbocycles. The van der Waals surface area contributed by atoms with Crippen molar-refractivity contribution in [3.05, 3.63) is 108 Å². The Morgan fingerprint density at radius 2 is 1.45 bits per heavy atom. The van der Waals surface area contributed by atoms with E-state index in [1.807, 2.05) is 36.4 Å². The van der Waals surface area contributed by atoms with Gasteiger partial charge in [-0.3, -0.25) is 9.69 Å². The third kappa shape index (κ3) is 6.28. The summed E-state index contributed by atoms with van der Waals surface area (Å²) in [4.78, 5) is 15.4. The van der Waals surface area contributed by atoms with E-state index in [0.29, 0.717) is 12.3 Å². The van der Waals surface area contributed by atoms with Crippen LogP contribution in [0.5, 0.6) is 0 Å². The minimum Gasteiger partial charge on any atom is -0.356 e. The molecule has 3 aromatic carbocycles. The molecule has 3 heteroatoms. The number of hydrogen-bond acceptors (Lipinski definition) is 2. The zero-order valence-corrected chi connectivity index (χ0v) is 18.1. The Morgan fingerprint density at radius 1 is 0.871 bits per heavy atom. The van der Waals surface area contributed by atoms with Crippen LogP contribution < -0.4 is 5.32 Å². The molecular weight excluding hydrogens is 380 g/mol. The van der Waals surface area contributed by atoms with Crippen LogP contribution in [-0.4, -0.2) is 30.4 Å². The molecule has 3 aromatic rings. The van der Waals surface area contributed by atoms with Gasteiger partial charge in [0.05, 0.1) is 0 Å². The van der Waals surface area contributed by atoms with Gasteiger partial charge in [0.25, 0.3) is 0 Å². The van der Waals surface area contributed by atoms with E-state index in [4.69, 9.17) is 0 Å². The van der Waals surface area contributed by atoms with E-state index in [1.165, 1.54) is 29.5 Å². The second-order valence-corrected chi connectivity index (χ2v) is 8.61. The number of piperidine rings is 1. The number of carbonyl (C=O) groups excluding carboxylic acids is 1. The molecule has 0 aromatic heterocycles. The molecular formula is C28H32N2O. The molecule has 1 saturated heterocycles. The zero-order chi connectivity index (χ0) is 21.3. The summed E-state index contributed by atoms with van der Waals surface area (Å²) >= 11 is 0. The van der Waals surface area contributed by atoms with Crippen LogP contribution in [0.3, 0.4) is 0 Å². The van der Waals surface area contributed by atoms with Gasteiger partial charge in [-0.05, 0) is 42.0 Å². The van der Waals surface area contributed by atoms with Crippen molar-refractivity contribution in [2.75, 3.05) is 19.6 Å². The van der Waals surface area contributed by atoms with E-state index >= 15 is 0 Å². The van der Waals surface area contributed by atoms with Crippen LogP contribution in [0, 0.1) is 5.92 Å². The zero-order valence-electron chi connectivity index (χ0n) is 18.1. The average molecular weight is 413 g/mol. The van der Waals surface area contributed by atoms with Crippen LogP contribution in [0.25, 0.3) is 0 Å². The standard InChI is InChI=1S/C28H32N2O/c31-28(19-27(25-14-6-2-7-15-25)26-16-8-3-9-17-26)29-20-24-13-10-18-30(22-24)21-23-11-4-1-5-12-23/h1-9,11-12,14-17,24,27H,10,13,18-22H2,(H,29,31). The van der Waals surface area contributed by atoms with Crippen LogP contribution in [0.1, 0.15) is 41.9 Å². The maximum atomic E-state index is 12.9. The maximum Gasteiger partial charge on any atom is 0.220 e. The molecule has 1 aliphatic heterocycles. The number of benzene rings is 3. The van der Waals surface area contributed by atoms with Gasteiger partial charge in [-0.1, -0.05) is 91.0 Å². The van der Waals surface area contributed by atoms with Gasteiger partial charge in [-0.25, -0.2) is 0 Å². The van der Waals surface area contributed by atoms with Crippen molar-refractivity contribution >= 4 is 5.91 Å².